The minimum Gasteiger partial charge on any atom is -0.352 e. The number of amides is 2. The summed E-state index contributed by atoms with van der Waals surface area (Å²) in [5.41, 5.74) is -0.382. The molecule has 0 atom stereocenters. The average Bonchev–Trinajstić information content (AvgIpc) is 2.34. The Bertz CT molecular complexity index is 372. The lowest BCUT2D eigenvalue weighted by Gasteiger charge is -2.36. The van der Waals surface area contributed by atoms with E-state index >= 15 is 0 Å². The minimum absolute atomic E-state index is 0.0329. The summed E-state index contributed by atoms with van der Waals surface area (Å²) in [6.45, 7) is 13.8. The van der Waals surface area contributed by atoms with E-state index in [1.165, 1.54) is 0 Å². The number of hydrogen-bond donors (Lipinski definition) is 2. The predicted octanol–water partition coefficient (Wildman–Crippen LogP) is 1.53. The van der Waals surface area contributed by atoms with Gasteiger partial charge in [0.15, 0.2) is 0 Å². The second kappa shape index (κ2) is 6.77. The molecule has 21 heavy (non-hydrogen) atoms. The van der Waals surface area contributed by atoms with Crippen LogP contribution in [0.4, 0.5) is 0 Å². The van der Waals surface area contributed by atoms with Gasteiger partial charge in [0, 0.05) is 30.1 Å². The maximum atomic E-state index is 12.2. The Hall–Kier alpha value is -1.10. The lowest BCUT2D eigenvalue weighted by molar-refractivity contribution is -0.140. The number of nitrogens with one attached hydrogen (secondary N) is 2. The SMILES string of the molecule is CC(C)(C)NCC(=O)NC1CCN(C(=O)C(C)(C)C)CC1. The van der Waals surface area contributed by atoms with E-state index in [1.54, 1.807) is 0 Å². The quantitative estimate of drug-likeness (QED) is 0.830. The molecule has 2 N–H and O–H groups in total. The van der Waals surface area contributed by atoms with Crippen molar-refractivity contribution in [1.82, 2.24) is 15.5 Å². The largest absolute Gasteiger partial charge is 0.352 e. The first kappa shape index (κ1) is 18.0. The standard InChI is InChI=1S/C16H31N3O2/c1-15(2,3)14(21)19-9-7-12(8-10-19)18-13(20)11-17-16(4,5)6/h12,17H,7-11H2,1-6H3,(H,18,20). The Balaban J connectivity index is 2.34. The van der Waals surface area contributed by atoms with Gasteiger partial charge in [-0.2, -0.15) is 0 Å². The average molecular weight is 297 g/mol. The van der Waals surface area contributed by atoms with Crippen molar-refractivity contribution in [1.29, 1.82) is 0 Å². The summed E-state index contributed by atoms with van der Waals surface area (Å²) < 4.78 is 0. The van der Waals surface area contributed by atoms with Crippen LogP contribution in [0.25, 0.3) is 0 Å². The van der Waals surface area contributed by atoms with Crippen LogP contribution >= 0.6 is 0 Å². The summed E-state index contributed by atoms with van der Waals surface area (Å²) in [6, 6.07) is 0.184. The Morgan fingerprint density at radius 3 is 2.00 bits per heavy atom. The summed E-state index contributed by atoms with van der Waals surface area (Å²) in [7, 11) is 0. The van der Waals surface area contributed by atoms with E-state index < -0.39 is 0 Å². The third kappa shape index (κ3) is 6.46. The van der Waals surface area contributed by atoms with Crippen LogP contribution in [0.15, 0.2) is 0 Å². The second-order valence-corrected chi connectivity index (χ2v) is 7.99. The maximum Gasteiger partial charge on any atom is 0.234 e. The van der Waals surface area contributed by atoms with Crippen LogP contribution in [-0.2, 0) is 9.59 Å². The Morgan fingerprint density at radius 1 is 1.05 bits per heavy atom. The molecule has 1 aliphatic heterocycles. The molecule has 5 nitrogen and oxygen atoms in total. The summed E-state index contributed by atoms with van der Waals surface area (Å²) in [4.78, 5) is 26.0. The zero-order valence-electron chi connectivity index (χ0n) is 14.4. The second-order valence-electron chi connectivity index (χ2n) is 7.99. The number of piperidine rings is 1. The number of carbonyl (C=O) groups is 2. The molecule has 122 valence electrons. The van der Waals surface area contributed by atoms with Crippen molar-refractivity contribution in [2.24, 2.45) is 5.41 Å². The first-order valence-electron chi connectivity index (χ1n) is 7.83. The van der Waals surface area contributed by atoms with E-state index in [-0.39, 0.29) is 28.8 Å². The van der Waals surface area contributed by atoms with E-state index in [1.807, 2.05) is 46.4 Å². The van der Waals surface area contributed by atoms with Crippen LogP contribution in [0.5, 0.6) is 0 Å². The molecule has 1 aliphatic rings. The molecule has 0 aromatic carbocycles. The lowest BCUT2D eigenvalue weighted by atomic mass is 9.93. The Labute approximate surface area is 128 Å². The third-order valence-electron chi connectivity index (χ3n) is 3.57. The third-order valence-corrected chi connectivity index (χ3v) is 3.57. The molecule has 0 radical (unpaired) electrons. The van der Waals surface area contributed by atoms with Gasteiger partial charge in [-0.15, -0.1) is 0 Å². The molecule has 1 heterocycles. The normalized spacial score (nSPS) is 17.7. The van der Waals surface area contributed by atoms with Gasteiger partial charge in [0.2, 0.25) is 11.8 Å². The fraction of sp³-hybridized carbons (Fsp3) is 0.875. The van der Waals surface area contributed by atoms with Gasteiger partial charge in [0.25, 0.3) is 0 Å². The van der Waals surface area contributed by atoms with Gasteiger partial charge in [0.1, 0.15) is 0 Å². The van der Waals surface area contributed by atoms with E-state index in [4.69, 9.17) is 0 Å². The highest BCUT2D eigenvalue weighted by Crippen LogP contribution is 2.20. The van der Waals surface area contributed by atoms with Crippen molar-refractivity contribution in [3.8, 4) is 0 Å². The van der Waals surface area contributed by atoms with E-state index in [0.29, 0.717) is 6.54 Å². The summed E-state index contributed by atoms with van der Waals surface area (Å²) in [5.74, 6) is 0.229. The van der Waals surface area contributed by atoms with Crippen LogP contribution in [0.3, 0.4) is 0 Å². The summed E-state index contributed by atoms with van der Waals surface area (Å²) in [6.07, 6.45) is 1.67. The molecule has 0 aliphatic carbocycles. The van der Waals surface area contributed by atoms with Crippen molar-refractivity contribution in [3.63, 3.8) is 0 Å². The van der Waals surface area contributed by atoms with Crippen molar-refractivity contribution in [3.05, 3.63) is 0 Å². The number of rotatable bonds is 3. The monoisotopic (exact) mass is 297 g/mol. The van der Waals surface area contributed by atoms with Crippen LogP contribution in [0, 0.1) is 5.41 Å². The molecule has 0 bridgehead atoms. The highest BCUT2D eigenvalue weighted by molar-refractivity contribution is 5.81. The molecule has 2 amide bonds. The molecular formula is C16H31N3O2. The molecule has 5 heteroatoms. The van der Waals surface area contributed by atoms with Gasteiger partial charge < -0.3 is 15.5 Å². The maximum absolute atomic E-state index is 12.2. The molecule has 0 saturated carbocycles. The number of hydrogen-bond acceptors (Lipinski definition) is 3. The molecule has 1 saturated heterocycles. The number of likely N-dealkylation sites (tertiary alicyclic amines) is 1. The van der Waals surface area contributed by atoms with Gasteiger partial charge in [-0.25, -0.2) is 0 Å². The van der Waals surface area contributed by atoms with Gasteiger partial charge in [-0.3, -0.25) is 9.59 Å². The van der Waals surface area contributed by atoms with Crippen molar-refractivity contribution in [2.45, 2.75) is 66.0 Å². The number of nitrogens with zero attached hydrogens (tertiary/aromatic N) is 1. The molecule has 0 spiro atoms. The molecular weight excluding hydrogens is 266 g/mol. The van der Waals surface area contributed by atoms with Gasteiger partial charge in [-0.05, 0) is 33.6 Å². The first-order chi connectivity index (χ1) is 9.49. The molecule has 0 aromatic heterocycles. The minimum atomic E-state index is -0.327. The fourth-order valence-corrected chi connectivity index (χ4v) is 2.33. The van der Waals surface area contributed by atoms with E-state index in [0.717, 1.165) is 25.9 Å². The first-order valence-corrected chi connectivity index (χ1v) is 7.83. The van der Waals surface area contributed by atoms with Gasteiger partial charge in [0.05, 0.1) is 6.54 Å². The fourth-order valence-electron chi connectivity index (χ4n) is 2.33. The van der Waals surface area contributed by atoms with E-state index in [2.05, 4.69) is 10.6 Å². The molecule has 1 fully saturated rings. The molecule has 0 unspecified atom stereocenters. The van der Waals surface area contributed by atoms with Gasteiger partial charge >= 0.3 is 0 Å². The van der Waals surface area contributed by atoms with Crippen LogP contribution in [0.2, 0.25) is 0 Å². The van der Waals surface area contributed by atoms with Crippen molar-refractivity contribution < 1.29 is 9.59 Å². The highest BCUT2D eigenvalue weighted by Gasteiger charge is 2.30. The Kier molecular flexibility index (Phi) is 5.79. The van der Waals surface area contributed by atoms with Crippen LogP contribution in [-0.4, -0.2) is 47.9 Å². The predicted molar refractivity (Wildman–Crippen MR) is 85.0 cm³/mol. The highest BCUT2D eigenvalue weighted by atomic mass is 16.2. The van der Waals surface area contributed by atoms with Crippen molar-refractivity contribution in [2.75, 3.05) is 19.6 Å². The topological polar surface area (TPSA) is 61.4 Å². The zero-order chi connectivity index (χ0) is 16.3. The van der Waals surface area contributed by atoms with Gasteiger partial charge in [-0.1, -0.05) is 20.8 Å². The zero-order valence-corrected chi connectivity index (χ0v) is 14.4. The van der Waals surface area contributed by atoms with E-state index in [9.17, 15) is 9.59 Å². The summed E-state index contributed by atoms with van der Waals surface area (Å²) in [5, 5.41) is 6.23. The van der Waals surface area contributed by atoms with Crippen LogP contribution < -0.4 is 10.6 Å². The number of carbonyl (C=O) groups excluding carboxylic acids is 2. The Morgan fingerprint density at radius 2 is 1.57 bits per heavy atom. The smallest absolute Gasteiger partial charge is 0.234 e. The van der Waals surface area contributed by atoms with Crippen molar-refractivity contribution >= 4 is 11.8 Å². The summed E-state index contributed by atoms with van der Waals surface area (Å²) >= 11 is 0. The van der Waals surface area contributed by atoms with Crippen LogP contribution in [0.1, 0.15) is 54.4 Å². The lowest BCUT2D eigenvalue weighted by Crippen LogP contribution is -2.51. The molecule has 1 rings (SSSR count). The molecule has 0 aromatic rings.